The molecule has 2 rings (SSSR count). The average molecular weight is 220 g/mol. The molecule has 3 heteroatoms. The third-order valence-electron chi connectivity index (χ3n) is 2.20. The summed E-state index contributed by atoms with van der Waals surface area (Å²) in [6, 6.07) is 6.77. The Morgan fingerprint density at radius 3 is 2.80 bits per heavy atom. The summed E-state index contributed by atoms with van der Waals surface area (Å²) in [6.07, 6.45) is 0.540. The zero-order valence-electron chi connectivity index (χ0n) is 8.16. The molecular formula is C12H9FOS. The molecule has 0 aliphatic heterocycles. The van der Waals surface area contributed by atoms with Crippen molar-refractivity contribution in [1.29, 1.82) is 0 Å². The summed E-state index contributed by atoms with van der Waals surface area (Å²) >= 11 is 1.57. The summed E-state index contributed by atoms with van der Waals surface area (Å²) in [4.78, 5) is 11.7. The van der Waals surface area contributed by atoms with Crippen molar-refractivity contribution < 1.29 is 9.18 Å². The molecule has 1 nitrogen and oxygen atoms in total. The number of hydrogen-bond acceptors (Lipinski definition) is 2. The number of aryl methyl sites for hydroxylation is 1. The Morgan fingerprint density at radius 2 is 2.20 bits per heavy atom. The van der Waals surface area contributed by atoms with E-state index in [2.05, 4.69) is 0 Å². The van der Waals surface area contributed by atoms with Gasteiger partial charge in [0, 0.05) is 10.4 Å². The van der Waals surface area contributed by atoms with Crippen LogP contribution in [0, 0.1) is 12.7 Å². The molecule has 0 radical (unpaired) electrons. The Labute approximate surface area is 91.2 Å². The van der Waals surface area contributed by atoms with Gasteiger partial charge in [-0.15, -0.1) is 11.3 Å². The molecule has 2 aromatic rings. The van der Waals surface area contributed by atoms with Gasteiger partial charge in [0.25, 0.3) is 0 Å². The minimum absolute atomic E-state index is 0.108. The highest BCUT2D eigenvalue weighted by molar-refractivity contribution is 7.10. The predicted molar refractivity (Wildman–Crippen MR) is 59.8 cm³/mol. The van der Waals surface area contributed by atoms with Crippen LogP contribution in [0.25, 0.3) is 11.1 Å². The van der Waals surface area contributed by atoms with Crippen molar-refractivity contribution in [2.45, 2.75) is 6.92 Å². The maximum absolute atomic E-state index is 13.7. The van der Waals surface area contributed by atoms with E-state index in [0.717, 1.165) is 10.4 Å². The van der Waals surface area contributed by atoms with Crippen LogP contribution in [0.15, 0.2) is 29.6 Å². The van der Waals surface area contributed by atoms with Crippen LogP contribution in [0.1, 0.15) is 15.2 Å². The van der Waals surface area contributed by atoms with Crippen LogP contribution in [0.5, 0.6) is 0 Å². The monoisotopic (exact) mass is 220 g/mol. The third kappa shape index (κ3) is 1.83. The van der Waals surface area contributed by atoms with E-state index in [1.54, 1.807) is 23.5 Å². The molecule has 0 fully saturated rings. The smallest absolute Gasteiger partial charge is 0.153 e. The van der Waals surface area contributed by atoms with Crippen LogP contribution in [-0.4, -0.2) is 6.29 Å². The number of aldehydes is 1. The summed E-state index contributed by atoms with van der Waals surface area (Å²) < 4.78 is 13.7. The topological polar surface area (TPSA) is 17.1 Å². The van der Waals surface area contributed by atoms with Crippen molar-refractivity contribution in [2.24, 2.45) is 0 Å². The van der Waals surface area contributed by atoms with E-state index in [-0.39, 0.29) is 5.56 Å². The largest absolute Gasteiger partial charge is 0.298 e. The van der Waals surface area contributed by atoms with Gasteiger partial charge in [-0.2, -0.15) is 0 Å². The molecule has 1 aromatic carbocycles. The van der Waals surface area contributed by atoms with Gasteiger partial charge in [-0.1, -0.05) is 12.1 Å². The lowest BCUT2D eigenvalue weighted by Gasteiger charge is -2.01. The first kappa shape index (κ1) is 10.1. The molecule has 1 aromatic heterocycles. The highest BCUT2D eigenvalue weighted by atomic mass is 32.1. The Bertz CT molecular complexity index is 502. The van der Waals surface area contributed by atoms with Gasteiger partial charge in [-0.25, -0.2) is 4.39 Å². The number of thiophene rings is 1. The minimum atomic E-state index is -0.440. The number of carbonyl (C=O) groups is 1. The number of rotatable bonds is 2. The second-order valence-electron chi connectivity index (χ2n) is 3.27. The fraction of sp³-hybridized carbons (Fsp3) is 0.0833. The Kier molecular flexibility index (Phi) is 2.64. The molecule has 0 saturated carbocycles. The molecule has 0 unspecified atom stereocenters. The lowest BCUT2D eigenvalue weighted by Crippen LogP contribution is -1.90. The lowest BCUT2D eigenvalue weighted by molar-refractivity contribution is 0.112. The molecule has 0 amide bonds. The van der Waals surface area contributed by atoms with Gasteiger partial charge in [0.2, 0.25) is 0 Å². The maximum atomic E-state index is 13.7. The van der Waals surface area contributed by atoms with Crippen LogP contribution in [-0.2, 0) is 0 Å². The number of carbonyl (C=O) groups excluding carboxylic acids is 1. The molecule has 0 N–H and O–H groups in total. The Hall–Kier alpha value is -1.48. The molecule has 0 atom stereocenters. The molecule has 76 valence electrons. The van der Waals surface area contributed by atoms with E-state index in [4.69, 9.17) is 0 Å². The minimum Gasteiger partial charge on any atom is -0.298 e. The second-order valence-corrected chi connectivity index (χ2v) is 4.39. The van der Waals surface area contributed by atoms with Gasteiger partial charge in [0.05, 0.1) is 5.56 Å². The van der Waals surface area contributed by atoms with E-state index in [1.165, 1.54) is 6.07 Å². The molecule has 0 bridgehead atoms. The fourth-order valence-corrected chi connectivity index (χ4v) is 2.15. The maximum Gasteiger partial charge on any atom is 0.153 e. The molecule has 0 aliphatic carbocycles. The van der Waals surface area contributed by atoms with Crippen LogP contribution < -0.4 is 0 Å². The van der Waals surface area contributed by atoms with E-state index < -0.39 is 5.82 Å². The van der Waals surface area contributed by atoms with Gasteiger partial charge in [0.15, 0.2) is 6.29 Å². The molecule has 0 aliphatic rings. The molecular weight excluding hydrogens is 211 g/mol. The number of halogens is 1. The Balaban J connectivity index is 2.58. The number of hydrogen-bond donors (Lipinski definition) is 0. The first-order chi connectivity index (χ1) is 7.22. The van der Waals surface area contributed by atoms with E-state index in [1.807, 2.05) is 18.4 Å². The van der Waals surface area contributed by atoms with Crippen LogP contribution in [0.4, 0.5) is 4.39 Å². The first-order valence-electron chi connectivity index (χ1n) is 4.51. The SMILES string of the molecule is Cc1cc(-c2cccc(C=O)c2F)cs1. The molecule has 15 heavy (non-hydrogen) atoms. The standard InChI is InChI=1S/C12H9FOS/c1-8-5-10(7-15-8)11-4-2-3-9(6-14)12(11)13/h2-7H,1H3. The summed E-state index contributed by atoms with van der Waals surface area (Å²) in [5.74, 6) is -0.440. The van der Waals surface area contributed by atoms with Crippen molar-refractivity contribution in [2.75, 3.05) is 0 Å². The van der Waals surface area contributed by atoms with Gasteiger partial charge in [0.1, 0.15) is 5.82 Å². The fourth-order valence-electron chi connectivity index (χ4n) is 1.45. The lowest BCUT2D eigenvalue weighted by atomic mass is 10.1. The Morgan fingerprint density at radius 1 is 1.40 bits per heavy atom. The molecule has 1 heterocycles. The zero-order valence-corrected chi connectivity index (χ0v) is 8.98. The van der Waals surface area contributed by atoms with E-state index in [0.29, 0.717) is 11.8 Å². The summed E-state index contributed by atoms with van der Waals surface area (Å²) in [7, 11) is 0. The van der Waals surface area contributed by atoms with E-state index >= 15 is 0 Å². The van der Waals surface area contributed by atoms with Gasteiger partial charge in [-0.3, -0.25) is 4.79 Å². The van der Waals surface area contributed by atoms with Crippen LogP contribution in [0.3, 0.4) is 0 Å². The highest BCUT2D eigenvalue weighted by Crippen LogP contribution is 2.28. The highest BCUT2D eigenvalue weighted by Gasteiger charge is 2.09. The number of benzene rings is 1. The van der Waals surface area contributed by atoms with Crippen molar-refractivity contribution in [1.82, 2.24) is 0 Å². The van der Waals surface area contributed by atoms with Gasteiger partial charge < -0.3 is 0 Å². The quantitative estimate of drug-likeness (QED) is 0.706. The van der Waals surface area contributed by atoms with E-state index in [9.17, 15) is 9.18 Å². The zero-order chi connectivity index (χ0) is 10.8. The second kappa shape index (κ2) is 3.95. The summed E-state index contributed by atoms with van der Waals surface area (Å²) in [5, 5.41) is 1.89. The van der Waals surface area contributed by atoms with Crippen LogP contribution in [0.2, 0.25) is 0 Å². The van der Waals surface area contributed by atoms with Crippen molar-refractivity contribution in [3.63, 3.8) is 0 Å². The average Bonchev–Trinajstić information content (AvgIpc) is 2.65. The van der Waals surface area contributed by atoms with Crippen molar-refractivity contribution in [3.05, 3.63) is 45.9 Å². The van der Waals surface area contributed by atoms with Gasteiger partial charge in [-0.05, 0) is 30.0 Å². The van der Waals surface area contributed by atoms with Crippen molar-refractivity contribution in [3.8, 4) is 11.1 Å². The normalized spacial score (nSPS) is 10.3. The first-order valence-corrected chi connectivity index (χ1v) is 5.39. The third-order valence-corrected chi connectivity index (χ3v) is 3.06. The van der Waals surface area contributed by atoms with Crippen molar-refractivity contribution >= 4 is 17.6 Å². The summed E-state index contributed by atoms with van der Waals surface area (Å²) in [6.45, 7) is 1.97. The summed E-state index contributed by atoms with van der Waals surface area (Å²) in [5.41, 5.74) is 1.43. The van der Waals surface area contributed by atoms with Gasteiger partial charge >= 0.3 is 0 Å². The van der Waals surface area contributed by atoms with Crippen LogP contribution >= 0.6 is 11.3 Å². The predicted octanol–water partition coefficient (Wildman–Crippen LogP) is 3.68. The molecule has 0 saturated heterocycles. The molecule has 0 spiro atoms.